The van der Waals surface area contributed by atoms with Crippen molar-refractivity contribution in [3.63, 3.8) is 0 Å². The molecule has 0 aromatic heterocycles. The second-order valence-corrected chi connectivity index (χ2v) is 14.5. The van der Waals surface area contributed by atoms with Gasteiger partial charge in [0.25, 0.3) is 0 Å². The van der Waals surface area contributed by atoms with Crippen molar-refractivity contribution in [1.29, 1.82) is 0 Å². The Morgan fingerprint density at radius 3 is 2.28 bits per heavy atom. The zero-order chi connectivity index (χ0) is 14.2. The summed E-state index contributed by atoms with van der Waals surface area (Å²) in [5.41, 5.74) is 6.05. The number of rotatable bonds is 5. The molecule has 4 atom stereocenters. The van der Waals surface area contributed by atoms with E-state index >= 15 is 0 Å². The Hall–Kier alpha value is 0.650. The highest BCUT2D eigenvalue weighted by atomic mass is 32.6. The van der Waals surface area contributed by atoms with E-state index in [0.717, 1.165) is 0 Å². The summed E-state index contributed by atoms with van der Waals surface area (Å²) in [4.78, 5) is 0.252. The van der Waals surface area contributed by atoms with Crippen LogP contribution in [0, 0.1) is 0 Å². The first kappa shape index (κ1) is 18.7. The molecular weight excluding hydrogens is 324 g/mol. The Balaban J connectivity index is 0.00000137. The molecule has 0 aliphatic rings. The van der Waals surface area contributed by atoms with E-state index < -0.39 is 10.0 Å². The van der Waals surface area contributed by atoms with Crippen LogP contribution in [0.1, 0.15) is 13.8 Å². The maximum atomic E-state index is 11.8. The van der Waals surface area contributed by atoms with Gasteiger partial charge in [-0.05, 0) is 31.6 Å². The summed E-state index contributed by atoms with van der Waals surface area (Å²) in [6.07, 6.45) is 0.481. The van der Waals surface area contributed by atoms with Crippen LogP contribution in [0.5, 0.6) is 0 Å². The van der Waals surface area contributed by atoms with Gasteiger partial charge in [0, 0.05) is 12.0 Å². The van der Waals surface area contributed by atoms with Gasteiger partial charge in [-0.2, -0.15) is 0 Å². The fourth-order valence-corrected chi connectivity index (χ4v) is 5.27. The van der Waals surface area contributed by atoms with E-state index in [0.29, 0.717) is 19.9 Å². The molecule has 1 aromatic rings. The summed E-state index contributed by atoms with van der Waals surface area (Å²) in [5, 5.41) is 0. The number of nitrogens with one attached hydrogen (secondary N) is 1. The Bertz CT molecular complexity index is 438. The second kappa shape index (κ2) is 9.54. The Morgan fingerprint density at radius 1 is 1.33 bits per heavy atom. The number of hydrogen-bond donors (Lipinski definition) is 2. The van der Waals surface area contributed by atoms with Gasteiger partial charge in [-0.3, -0.25) is 0 Å². The zero-order valence-electron chi connectivity index (χ0n) is 10.4. The minimum absolute atomic E-state index is 0.252. The van der Waals surface area contributed by atoms with Crippen molar-refractivity contribution >= 4 is 48.8 Å². The quantitative estimate of drug-likeness (QED) is 0.636. The normalized spacial score (nSPS) is 13.1. The van der Waals surface area contributed by atoms with Crippen molar-refractivity contribution in [2.45, 2.75) is 18.7 Å². The van der Waals surface area contributed by atoms with Gasteiger partial charge in [0.1, 0.15) is 0 Å². The standard InChI is InChI=1S/C7H14N2O2P4S.C2H6/c8-6-1-3-7(4-2-6)16(10,11)9-5-15(13)14-12;1-2/h1-4,9,14H,5,8,12-13H2;1-2H3. The number of benzene rings is 1. The summed E-state index contributed by atoms with van der Waals surface area (Å²) in [6.45, 7) is 4.00. The van der Waals surface area contributed by atoms with Crippen LogP contribution >= 0.6 is 33.1 Å². The summed E-state index contributed by atoms with van der Waals surface area (Å²) < 4.78 is 26.2. The monoisotopic (exact) mass is 344 g/mol. The Morgan fingerprint density at radius 2 is 1.83 bits per heavy atom. The maximum absolute atomic E-state index is 11.8. The number of nitrogens with two attached hydrogens (primary N) is 1. The highest BCUT2D eigenvalue weighted by Gasteiger charge is 2.14. The second-order valence-electron chi connectivity index (χ2n) is 2.97. The molecule has 0 saturated carbocycles. The van der Waals surface area contributed by atoms with Crippen LogP contribution in [0.4, 0.5) is 5.69 Å². The van der Waals surface area contributed by atoms with E-state index in [1.165, 1.54) is 12.1 Å². The molecule has 0 aliphatic heterocycles. The lowest BCUT2D eigenvalue weighted by molar-refractivity contribution is 0.587. The fraction of sp³-hybridized carbons (Fsp3) is 0.333. The van der Waals surface area contributed by atoms with Gasteiger partial charge < -0.3 is 5.73 Å². The van der Waals surface area contributed by atoms with Gasteiger partial charge in [-0.1, -0.05) is 21.8 Å². The predicted octanol–water partition coefficient (Wildman–Crippen LogP) is 3.19. The van der Waals surface area contributed by atoms with Gasteiger partial charge in [-0.15, -0.1) is 17.9 Å². The van der Waals surface area contributed by atoms with Crippen molar-refractivity contribution in [1.82, 2.24) is 4.72 Å². The number of nitrogen functional groups attached to an aromatic ring is 1. The first-order valence-corrected chi connectivity index (χ1v) is 13.6. The number of anilines is 1. The fourth-order valence-electron chi connectivity index (χ4n) is 0.930. The minimum Gasteiger partial charge on any atom is -0.399 e. The maximum Gasteiger partial charge on any atom is 0.240 e. The molecule has 0 bridgehead atoms. The SMILES string of the molecule is CC.Nc1ccc(S(=O)(=O)NCP(P)PP)cc1. The Kier molecular flexibility index (Phi) is 9.88. The molecule has 0 heterocycles. The van der Waals surface area contributed by atoms with E-state index in [1.807, 2.05) is 13.8 Å². The molecule has 1 rings (SSSR count). The van der Waals surface area contributed by atoms with Crippen molar-refractivity contribution in [2.75, 3.05) is 12.0 Å². The predicted molar refractivity (Wildman–Crippen MR) is 92.0 cm³/mol. The molecule has 18 heavy (non-hydrogen) atoms. The molecule has 1 aromatic carbocycles. The molecule has 0 aliphatic carbocycles. The summed E-state index contributed by atoms with van der Waals surface area (Å²) in [5.74, 6) is 0. The molecule has 4 nitrogen and oxygen atoms in total. The van der Waals surface area contributed by atoms with Crippen LogP contribution < -0.4 is 10.5 Å². The van der Waals surface area contributed by atoms with Gasteiger partial charge in [0.15, 0.2) is 0 Å². The van der Waals surface area contributed by atoms with Crippen LogP contribution in [0.25, 0.3) is 0 Å². The van der Waals surface area contributed by atoms with E-state index in [4.69, 9.17) is 5.73 Å². The van der Waals surface area contributed by atoms with Crippen molar-refractivity contribution < 1.29 is 8.42 Å². The minimum atomic E-state index is -3.39. The molecule has 0 radical (unpaired) electrons. The highest BCUT2D eigenvalue weighted by molar-refractivity contribution is 8.61. The average Bonchev–Trinajstić information content (AvgIpc) is 2.39. The number of hydrogen-bond acceptors (Lipinski definition) is 3. The summed E-state index contributed by atoms with van der Waals surface area (Å²) in [6, 6.07) is 6.17. The average molecular weight is 344 g/mol. The number of sulfonamides is 1. The van der Waals surface area contributed by atoms with Crippen molar-refractivity contribution in [2.24, 2.45) is 0 Å². The molecule has 3 N–H and O–H groups in total. The van der Waals surface area contributed by atoms with Crippen molar-refractivity contribution in [3.8, 4) is 0 Å². The van der Waals surface area contributed by atoms with E-state index in [9.17, 15) is 8.42 Å². The lowest BCUT2D eigenvalue weighted by Gasteiger charge is -2.11. The van der Waals surface area contributed by atoms with Gasteiger partial charge in [-0.25, -0.2) is 13.1 Å². The smallest absolute Gasteiger partial charge is 0.240 e. The lowest BCUT2D eigenvalue weighted by Crippen LogP contribution is -2.22. The first-order chi connectivity index (χ1) is 8.45. The lowest BCUT2D eigenvalue weighted by atomic mass is 10.3. The van der Waals surface area contributed by atoms with Gasteiger partial charge >= 0.3 is 0 Å². The van der Waals surface area contributed by atoms with Crippen LogP contribution in [-0.4, -0.2) is 14.7 Å². The first-order valence-electron chi connectivity index (χ1n) is 5.29. The van der Waals surface area contributed by atoms with E-state index in [-0.39, 0.29) is 12.2 Å². The molecule has 0 spiro atoms. The zero-order valence-corrected chi connectivity index (χ0v) is 15.4. The summed E-state index contributed by atoms with van der Waals surface area (Å²) in [7, 11) is 2.23. The molecule has 104 valence electrons. The van der Waals surface area contributed by atoms with Crippen molar-refractivity contribution in [3.05, 3.63) is 24.3 Å². The molecule has 0 saturated heterocycles. The van der Waals surface area contributed by atoms with Gasteiger partial charge in [0.2, 0.25) is 10.0 Å². The highest BCUT2D eigenvalue weighted by Crippen LogP contribution is 2.65. The van der Waals surface area contributed by atoms with Gasteiger partial charge in [0.05, 0.1) is 4.90 Å². The molecule has 0 amide bonds. The molecule has 9 heteroatoms. The molecular formula is C9H20N2O2P4S. The van der Waals surface area contributed by atoms with Crippen LogP contribution in [0.15, 0.2) is 29.2 Å². The van der Waals surface area contributed by atoms with Crippen LogP contribution in [-0.2, 0) is 10.0 Å². The Labute approximate surface area is 117 Å². The molecule has 4 unspecified atom stereocenters. The topological polar surface area (TPSA) is 72.2 Å². The third-order valence-electron chi connectivity index (χ3n) is 1.78. The summed E-state index contributed by atoms with van der Waals surface area (Å²) >= 11 is 0. The van der Waals surface area contributed by atoms with E-state index in [1.54, 1.807) is 12.1 Å². The van der Waals surface area contributed by atoms with E-state index in [2.05, 4.69) is 22.6 Å². The third kappa shape index (κ3) is 6.71. The molecule has 0 fully saturated rings. The van der Waals surface area contributed by atoms with Crippen LogP contribution in [0.2, 0.25) is 0 Å². The largest absolute Gasteiger partial charge is 0.399 e. The third-order valence-corrected chi connectivity index (χ3v) is 13.3. The van der Waals surface area contributed by atoms with Crippen LogP contribution in [0.3, 0.4) is 0 Å².